The van der Waals surface area contributed by atoms with Gasteiger partial charge in [-0.3, -0.25) is 0 Å². The van der Waals surface area contributed by atoms with Crippen LogP contribution in [0.15, 0.2) is 24.3 Å². The molecule has 0 saturated carbocycles. The third-order valence-electron chi connectivity index (χ3n) is 2.49. The van der Waals surface area contributed by atoms with Gasteiger partial charge in [-0.1, -0.05) is 6.04 Å². The monoisotopic (exact) mass is 305 g/mol. The van der Waals surface area contributed by atoms with E-state index in [0.717, 1.165) is 0 Å². The van der Waals surface area contributed by atoms with Crippen molar-refractivity contribution in [1.29, 1.82) is 0 Å². The molecule has 5 nitrogen and oxygen atoms in total. The number of aromatic amines is 1. The van der Waals surface area contributed by atoms with Gasteiger partial charge in [-0.05, 0) is 49.9 Å². The van der Waals surface area contributed by atoms with E-state index in [1.54, 1.807) is 0 Å². The van der Waals surface area contributed by atoms with Gasteiger partial charge in [-0.2, -0.15) is 0 Å². The minimum Gasteiger partial charge on any atom is -0.447 e. The largest absolute Gasteiger partial charge is 0.447 e. The van der Waals surface area contributed by atoms with Gasteiger partial charge in [0.05, 0.1) is 14.2 Å². The van der Waals surface area contributed by atoms with Gasteiger partial charge < -0.3 is 19.9 Å². The fraction of sp³-hybridized carbons (Fsp3) is 0.438. The van der Waals surface area contributed by atoms with E-state index in [1.807, 2.05) is 0 Å². The minimum atomic E-state index is -3.64. The first kappa shape index (κ1) is 4.04. The number of fused-ring (bicyclic) bond motifs is 1. The van der Waals surface area contributed by atoms with Gasteiger partial charge >= 0.3 is 6.09 Å². The number of likely N-dealkylation sites (N-methyl/N-ethyl adjacent to an activating group) is 1. The van der Waals surface area contributed by atoms with E-state index in [0.29, 0.717) is 11.2 Å². The summed E-state index contributed by atoms with van der Waals surface area (Å²) < 4.78 is 149. The molecule has 1 aliphatic heterocycles. The van der Waals surface area contributed by atoms with E-state index >= 15 is 0 Å². The van der Waals surface area contributed by atoms with Crippen LogP contribution in [0.2, 0.25) is 2.82 Å². The van der Waals surface area contributed by atoms with Crippen molar-refractivity contribution >= 4 is 17.0 Å². The molecule has 1 amide bonds. The smallest absolute Gasteiger partial charge is 0.407 e. The predicted octanol–water partition coefficient (Wildman–Crippen LogP) is 1.92. The zero-order valence-electron chi connectivity index (χ0n) is 28.4. The Hall–Kier alpha value is -2.01. The lowest BCUT2D eigenvalue weighted by atomic mass is 10.0. The first-order valence-corrected chi connectivity index (χ1v) is 5.70. The van der Waals surface area contributed by atoms with Gasteiger partial charge in [0.2, 0.25) is 0 Å². The van der Waals surface area contributed by atoms with Crippen molar-refractivity contribution in [3.8, 4) is 0 Å². The molecule has 21 heavy (non-hydrogen) atoms. The molecule has 1 aromatic carbocycles. The summed E-state index contributed by atoms with van der Waals surface area (Å²) in [6.45, 7) is -11.5. The zero-order chi connectivity index (χ0) is 30.5. The van der Waals surface area contributed by atoms with E-state index < -0.39 is 97.4 Å². The number of rotatable bonds is 5. The summed E-state index contributed by atoms with van der Waals surface area (Å²) in [4.78, 5) is 12.1. The van der Waals surface area contributed by atoms with E-state index in [4.69, 9.17) is 24.8 Å². The number of cyclic esters (lactones) is 1. The fourth-order valence-corrected chi connectivity index (χ4v) is 1.65. The van der Waals surface area contributed by atoms with Crippen LogP contribution in [0.1, 0.15) is 33.1 Å². The highest BCUT2D eigenvalue weighted by atomic mass is 16.6. The molecule has 3 rings (SSSR count). The van der Waals surface area contributed by atoms with Crippen LogP contribution in [0.3, 0.4) is 0 Å². The average molecular weight is 305 g/mol. The Morgan fingerprint density at radius 3 is 3.38 bits per heavy atom. The lowest BCUT2D eigenvalue weighted by Crippen LogP contribution is -2.28. The van der Waals surface area contributed by atoms with Gasteiger partial charge in [0.15, 0.2) is 2.82 Å². The van der Waals surface area contributed by atoms with Gasteiger partial charge in [-0.25, -0.2) is 4.79 Å². The lowest BCUT2D eigenvalue weighted by molar-refractivity contribution is 0.177. The van der Waals surface area contributed by atoms with Crippen LogP contribution in [0.5, 0.6) is 0 Å². The number of nitrogens with one attached hydrogen (secondary N) is 2. The number of ether oxygens (including phenoxy) is 1. The van der Waals surface area contributed by atoms with Crippen LogP contribution in [-0.2, 0) is 17.5 Å². The van der Waals surface area contributed by atoms with Crippen molar-refractivity contribution in [1.82, 2.24) is 15.2 Å². The molecule has 0 unspecified atom stereocenters. The maximum Gasteiger partial charge on any atom is 0.407 e. The third-order valence-corrected chi connectivity index (χ3v) is 2.49. The number of benzene rings is 1. The first-order chi connectivity index (χ1) is 17.2. The van der Waals surface area contributed by atoms with Crippen LogP contribution < -0.4 is 5.31 Å². The standard InChI is InChI=1S/C16H21N3O2/c1-19(2)6-5-12-9-17-15-4-3-11(8-14(12)15)7-13-10-21-16(20)18-13/h3-4,8-9,13,17H,5-7,10H2,1-2H3,(H,18,20)/t13-/m0/s1/i1D3,2D3,3D,4D,5D2,7D2,8D,10D2,13D/hD2. The van der Waals surface area contributed by atoms with E-state index in [2.05, 4.69) is 4.74 Å². The topological polar surface area (TPSA) is 57.4 Å². The Labute approximate surface area is 149 Å². The molecule has 0 radical (unpaired) electrons. The molecule has 1 fully saturated rings. The Morgan fingerprint density at radius 2 is 2.62 bits per heavy atom. The van der Waals surface area contributed by atoms with Crippen molar-refractivity contribution in [2.75, 3.05) is 27.1 Å². The fourth-order valence-electron chi connectivity index (χ4n) is 1.65. The summed E-state index contributed by atoms with van der Waals surface area (Å²) in [5.41, 5.74) is -2.58. The first-order valence-electron chi connectivity index (χ1n) is 14.6. The molecular weight excluding hydrogens is 266 g/mol. The number of alkyl carbamates (subject to hydrolysis) is 1. The molecular formula is C16H21N3O2. The number of hydrogen-bond acceptors (Lipinski definition) is 3. The highest BCUT2D eigenvalue weighted by molar-refractivity contribution is 5.84. The minimum absolute atomic E-state index is 0.121. The molecule has 112 valence electrons. The Morgan fingerprint density at radius 1 is 1.71 bits per heavy atom. The summed E-state index contributed by atoms with van der Waals surface area (Å²) >= 11 is 0. The van der Waals surface area contributed by atoms with Crippen molar-refractivity contribution in [2.24, 2.45) is 0 Å². The maximum absolute atomic E-state index is 11.9. The van der Waals surface area contributed by atoms with Gasteiger partial charge in [-0.15, -0.1) is 0 Å². The molecule has 0 spiro atoms. The second kappa shape index (κ2) is 5.77. The van der Waals surface area contributed by atoms with Gasteiger partial charge in [0, 0.05) is 37.4 Å². The van der Waals surface area contributed by atoms with Crippen molar-refractivity contribution in [3.63, 3.8) is 0 Å². The van der Waals surface area contributed by atoms with Gasteiger partial charge in [0.25, 0.3) is 0 Å². The Kier molecular flexibility index (Phi) is 1.11. The molecule has 1 aliphatic rings. The summed E-state index contributed by atoms with van der Waals surface area (Å²) in [6, 6.07) is -6.83. The molecule has 1 atom stereocenters. The summed E-state index contributed by atoms with van der Waals surface area (Å²) in [7, 11) is 0. The lowest BCUT2D eigenvalue weighted by Gasteiger charge is -2.09. The van der Waals surface area contributed by atoms with Gasteiger partial charge in [0.1, 0.15) is 6.56 Å². The molecule has 0 bridgehead atoms. The van der Waals surface area contributed by atoms with Crippen LogP contribution in [0, 0.1) is 0 Å². The normalized spacial score (nSPS) is 39.7. The molecule has 1 saturated heterocycles. The third kappa shape index (κ3) is 3.19. The predicted molar refractivity (Wildman–Crippen MR) is 82.5 cm³/mol. The van der Waals surface area contributed by atoms with Crippen molar-refractivity contribution < 1.29 is 34.3 Å². The number of hydrogen-bond donors (Lipinski definition) is 2. The Balaban J connectivity index is 2.37. The summed E-state index contributed by atoms with van der Waals surface area (Å²) in [5.74, 6) is 0. The zero-order valence-corrected chi connectivity index (χ0v) is 10.4. The summed E-state index contributed by atoms with van der Waals surface area (Å²) in [5, 5.41) is -1.20. The quantitative estimate of drug-likeness (QED) is 0.887. The highest BCUT2D eigenvalue weighted by Crippen LogP contribution is 2.21. The molecule has 2 aromatic rings. The molecule has 2 N–H and O–H groups in total. The number of carbonyl (C=O) groups is 1. The number of carbonyl (C=O) groups excluding carboxylic acids is 1. The summed E-state index contributed by atoms with van der Waals surface area (Å²) in [6.07, 6.45) is -7.69. The highest BCUT2D eigenvalue weighted by Gasteiger charge is 2.22. The number of nitrogens with zero attached hydrogens (tertiary/aromatic N) is 1. The molecule has 1 aromatic heterocycles. The van der Waals surface area contributed by atoms with E-state index in [9.17, 15) is 4.79 Å². The van der Waals surface area contributed by atoms with Crippen LogP contribution >= 0.6 is 0 Å². The van der Waals surface area contributed by atoms with Crippen molar-refractivity contribution in [3.05, 3.63) is 35.5 Å². The second-order valence-electron chi connectivity index (χ2n) is 3.96. The molecule has 5 heteroatoms. The number of aromatic nitrogens is 1. The maximum atomic E-state index is 11.9. The molecule has 2 heterocycles. The SMILES string of the molecule is [2H]c1c(C([2H])([2H])[C@]2([2H])N([2H])C(=O)OC2([2H])[2H])c([2H])c2c(C([2H])([2H])CN(C([2H])([2H])[2H])C([2H])([2H])[2H])cn([2H])c2c1[2H]. The van der Waals surface area contributed by atoms with E-state index in [1.165, 1.54) is 0 Å². The van der Waals surface area contributed by atoms with Crippen LogP contribution in [0.25, 0.3) is 10.9 Å². The number of amides is 1. The van der Waals surface area contributed by atoms with Crippen LogP contribution in [0.4, 0.5) is 4.79 Å². The average Bonchev–Trinajstić information content (AvgIpc) is 3.18. The Bertz CT molecular complexity index is 1320. The van der Waals surface area contributed by atoms with Crippen LogP contribution in [-0.4, -0.2) is 49.0 Å². The number of H-pyrrole nitrogens is 1. The van der Waals surface area contributed by atoms with Crippen molar-refractivity contribution in [2.45, 2.75) is 18.8 Å². The molecule has 0 aliphatic carbocycles. The second-order valence-corrected chi connectivity index (χ2v) is 3.96. The van der Waals surface area contributed by atoms with E-state index in [-0.39, 0.29) is 4.90 Å².